The number of esters is 1. The Bertz CT molecular complexity index is 1140. The van der Waals surface area contributed by atoms with Gasteiger partial charge in [0.15, 0.2) is 0 Å². The number of methoxy groups -OCH3 is 2. The third-order valence-corrected chi connectivity index (χ3v) is 5.73. The third-order valence-electron chi connectivity index (χ3n) is 5.73. The van der Waals surface area contributed by atoms with Crippen LogP contribution in [-0.4, -0.2) is 42.2 Å². The van der Waals surface area contributed by atoms with Gasteiger partial charge in [-0.1, -0.05) is 38.1 Å². The van der Waals surface area contributed by atoms with Crippen molar-refractivity contribution in [2.24, 2.45) is 5.41 Å². The van der Waals surface area contributed by atoms with Crippen LogP contribution in [0, 0.1) is 5.41 Å². The first kappa shape index (κ1) is 20.7. The largest absolute Gasteiger partial charge is 0.497 e. The van der Waals surface area contributed by atoms with Crippen molar-refractivity contribution in [1.29, 1.82) is 0 Å². The number of ether oxygens (including phenoxy) is 2. The highest BCUT2D eigenvalue weighted by molar-refractivity contribution is 6.07. The smallest absolute Gasteiger partial charge is 0.356 e. The lowest BCUT2D eigenvalue weighted by Crippen LogP contribution is -2.48. The van der Waals surface area contributed by atoms with E-state index in [4.69, 9.17) is 9.47 Å². The number of hydrogen-bond donors (Lipinski definition) is 0. The van der Waals surface area contributed by atoms with Gasteiger partial charge in [-0.25, -0.2) is 9.78 Å². The average Bonchev–Trinajstić information content (AvgIpc) is 3.26. The third kappa shape index (κ3) is 3.56. The molecule has 31 heavy (non-hydrogen) atoms. The average molecular weight is 419 g/mol. The lowest BCUT2D eigenvalue weighted by molar-refractivity contribution is 0.0581. The molecule has 1 unspecified atom stereocenters. The second-order valence-corrected chi connectivity index (χ2v) is 8.25. The van der Waals surface area contributed by atoms with Crippen LogP contribution in [-0.2, 0) is 4.74 Å². The van der Waals surface area contributed by atoms with E-state index in [2.05, 4.69) is 18.8 Å². The zero-order chi connectivity index (χ0) is 22.2. The Balaban J connectivity index is 1.82. The number of rotatable bonds is 4. The molecule has 1 aromatic heterocycles. The zero-order valence-electron chi connectivity index (χ0n) is 18.0. The maximum Gasteiger partial charge on any atom is 0.356 e. The van der Waals surface area contributed by atoms with E-state index >= 15 is 0 Å². The van der Waals surface area contributed by atoms with E-state index in [0.717, 1.165) is 11.3 Å². The highest BCUT2D eigenvalue weighted by Gasteiger charge is 2.43. The summed E-state index contributed by atoms with van der Waals surface area (Å²) >= 11 is 0. The molecule has 1 amide bonds. The van der Waals surface area contributed by atoms with Crippen molar-refractivity contribution >= 4 is 17.6 Å². The van der Waals surface area contributed by atoms with Crippen LogP contribution >= 0.6 is 0 Å². The van der Waals surface area contributed by atoms with E-state index in [1.54, 1.807) is 30.5 Å². The molecule has 0 bridgehead atoms. The predicted molar refractivity (Wildman–Crippen MR) is 117 cm³/mol. The van der Waals surface area contributed by atoms with Gasteiger partial charge < -0.3 is 18.9 Å². The number of carbonyl (C=O) groups excluding carboxylic acids is 2. The Morgan fingerprint density at radius 1 is 1.10 bits per heavy atom. The first-order valence-corrected chi connectivity index (χ1v) is 10.0. The van der Waals surface area contributed by atoms with Crippen molar-refractivity contribution in [3.05, 3.63) is 77.9 Å². The number of nitrogens with zero attached hydrogens (tertiary/aromatic N) is 3. The molecular weight excluding hydrogens is 394 g/mol. The minimum Gasteiger partial charge on any atom is -0.497 e. The fraction of sp³-hybridized carbons (Fsp3) is 0.292. The van der Waals surface area contributed by atoms with Crippen molar-refractivity contribution in [2.45, 2.75) is 19.9 Å². The summed E-state index contributed by atoms with van der Waals surface area (Å²) in [6, 6.07) is 14.7. The van der Waals surface area contributed by atoms with Gasteiger partial charge in [-0.2, -0.15) is 0 Å². The number of hydrogen-bond acceptors (Lipinski definition) is 5. The molecule has 160 valence electrons. The quantitative estimate of drug-likeness (QED) is 0.599. The first-order chi connectivity index (χ1) is 14.9. The summed E-state index contributed by atoms with van der Waals surface area (Å²) < 4.78 is 12.1. The number of imidazole rings is 1. The summed E-state index contributed by atoms with van der Waals surface area (Å²) in [5.74, 6) is 0.0896. The van der Waals surface area contributed by atoms with Crippen LogP contribution in [0.1, 0.15) is 46.3 Å². The second kappa shape index (κ2) is 7.91. The molecule has 1 aliphatic heterocycles. The highest BCUT2D eigenvalue weighted by atomic mass is 16.5. The van der Waals surface area contributed by atoms with E-state index in [1.165, 1.54) is 13.3 Å². The lowest BCUT2D eigenvalue weighted by atomic mass is 9.75. The standard InChI is InChI=1S/C24H25N3O4/c1-24(2)14-26(22(28)16-8-7-9-17(12-16)30-3)19-11-6-5-10-18(19)21(24)27-15-25-13-20(27)23(29)31-4/h5-13,15,21H,14H2,1-4H3. The molecule has 7 heteroatoms. The topological polar surface area (TPSA) is 73.7 Å². The maximum atomic E-state index is 13.5. The molecule has 0 N–H and O–H groups in total. The Morgan fingerprint density at radius 3 is 2.61 bits per heavy atom. The van der Waals surface area contributed by atoms with Gasteiger partial charge in [0.1, 0.15) is 11.4 Å². The number of carbonyl (C=O) groups is 2. The number of fused-ring (bicyclic) bond motifs is 1. The van der Waals surface area contributed by atoms with E-state index in [-0.39, 0.29) is 11.9 Å². The molecular formula is C24H25N3O4. The summed E-state index contributed by atoms with van der Waals surface area (Å²) in [6.45, 7) is 4.63. The Morgan fingerprint density at radius 2 is 1.87 bits per heavy atom. The summed E-state index contributed by atoms with van der Waals surface area (Å²) in [5, 5.41) is 0. The summed E-state index contributed by atoms with van der Waals surface area (Å²) in [4.78, 5) is 31.8. The van der Waals surface area contributed by atoms with Crippen LogP contribution in [0.15, 0.2) is 61.1 Å². The molecule has 1 aliphatic rings. The van der Waals surface area contributed by atoms with Gasteiger partial charge in [0, 0.05) is 23.2 Å². The number of benzene rings is 2. The van der Waals surface area contributed by atoms with E-state index in [1.807, 2.05) is 41.0 Å². The molecule has 0 fully saturated rings. The van der Waals surface area contributed by atoms with Gasteiger partial charge in [-0.15, -0.1) is 0 Å². The Hall–Kier alpha value is -3.61. The monoisotopic (exact) mass is 419 g/mol. The zero-order valence-corrected chi connectivity index (χ0v) is 18.0. The second-order valence-electron chi connectivity index (χ2n) is 8.25. The van der Waals surface area contributed by atoms with E-state index < -0.39 is 11.4 Å². The number of aromatic nitrogens is 2. The minimum atomic E-state index is -0.444. The van der Waals surface area contributed by atoms with Gasteiger partial charge in [-0.3, -0.25) is 4.79 Å². The van der Waals surface area contributed by atoms with Crippen LogP contribution in [0.5, 0.6) is 5.75 Å². The van der Waals surface area contributed by atoms with Gasteiger partial charge >= 0.3 is 5.97 Å². The number of anilines is 1. The summed E-state index contributed by atoms with van der Waals surface area (Å²) in [5.41, 5.74) is 2.29. The van der Waals surface area contributed by atoms with Gasteiger partial charge in [0.05, 0.1) is 32.8 Å². The highest BCUT2D eigenvalue weighted by Crippen LogP contribution is 2.47. The van der Waals surface area contributed by atoms with Crippen LogP contribution in [0.2, 0.25) is 0 Å². The first-order valence-electron chi connectivity index (χ1n) is 10.0. The molecule has 0 radical (unpaired) electrons. The fourth-order valence-electron chi connectivity index (χ4n) is 4.36. The molecule has 0 aliphatic carbocycles. The number of para-hydroxylation sites is 1. The van der Waals surface area contributed by atoms with Crippen molar-refractivity contribution in [1.82, 2.24) is 9.55 Å². The lowest BCUT2D eigenvalue weighted by Gasteiger charge is -2.46. The fourth-order valence-corrected chi connectivity index (χ4v) is 4.36. The van der Waals surface area contributed by atoms with Crippen molar-refractivity contribution in [2.75, 3.05) is 25.7 Å². The molecule has 0 saturated heterocycles. The van der Waals surface area contributed by atoms with Crippen LogP contribution in [0.25, 0.3) is 0 Å². The molecule has 4 rings (SSSR count). The molecule has 0 saturated carbocycles. The van der Waals surface area contributed by atoms with E-state index in [0.29, 0.717) is 23.6 Å². The molecule has 7 nitrogen and oxygen atoms in total. The van der Waals surface area contributed by atoms with Crippen LogP contribution in [0.4, 0.5) is 5.69 Å². The van der Waals surface area contributed by atoms with Crippen LogP contribution < -0.4 is 9.64 Å². The normalized spacial score (nSPS) is 17.0. The molecule has 0 spiro atoms. The Labute approximate surface area is 181 Å². The van der Waals surface area contributed by atoms with Crippen molar-refractivity contribution in [3.63, 3.8) is 0 Å². The van der Waals surface area contributed by atoms with Crippen LogP contribution in [0.3, 0.4) is 0 Å². The molecule has 3 aromatic rings. The predicted octanol–water partition coefficient (Wildman–Crippen LogP) is 3.95. The SMILES string of the molecule is COC(=O)c1cncn1C1c2ccccc2N(C(=O)c2cccc(OC)c2)CC1(C)C. The van der Waals surface area contributed by atoms with Gasteiger partial charge in [0.25, 0.3) is 5.91 Å². The van der Waals surface area contributed by atoms with E-state index in [9.17, 15) is 9.59 Å². The van der Waals surface area contributed by atoms with Gasteiger partial charge in [0.2, 0.25) is 0 Å². The van der Waals surface area contributed by atoms with Crippen molar-refractivity contribution < 1.29 is 19.1 Å². The van der Waals surface area contributed by atoms with Gasteiger partial charge in [-0.05, 0) is 29.8 Å². The summed E-state index contributed by atoms with van der Waals surface area (Å²) in [7, 11) is 2.94. The molecule has 2 aromatic carbocycles. The summed E-state index contributed by atoms with van der Waals surface area (Å²) in [6.07, 6.45) is 3.16. The van der Waals surface area contributed by atoms with Crippen molar-refractivity contribution in [3.8, 4) is 5.75 Å². The minimum absolute atomic E-state index is 0.100. The Kier molecular flexibility index (Phi) is 5.27. The molecule has 1 atom stereocenters. The molecule has 2 heterocycles. The number of amides is 1. The maximum absolute atomic E-state index is 13.5.